The zero-order chi connectivity index (χ0) is 25.4. The molecule has 0 unspecified atom stereocenters. The zero-order valence-corrected chi connectivity index (χ0v) is 21.8. The minimum absolute atomic E-state index is 0.0463. The van der Waals surface area contributed by atoms with Crippen LogP contribution < -0.4 is 10.5 Å². The SMILES string of the molecule is N[C@@H](Cc1cc(F)cc(F)c1)[C@H](O)CN(Cc1cccc(I)c1)C(=O)CCOc1ccccc1Cl. The Morgan fingerprint density at radius 2 is 1.77 bits per heavy atom. The highest BCUT2D eigenvalue weighted by atomic mass is 127. The number of ether oxygens (including phenoxy) is 1. The van der Waals surface area contributed by atoms with Gasteiger partial charge in [-0.25, -0.2) is 8.78 Å². The number of para-hydroxylation sites is 1. The number of benzene rings is 3. The van der Waals surface area contributed by atoms with Gasteiger partial charge in [0.2, 0.25) is 5.91 Å². The summed E-state index contributed by atoms with van der Waals surface area (Å²) in [6.07, 6.45) is -0.999. The van der Waals surface area contributed by atoms with Gasteiger partial charge in [-0.15, -0.1) is 0 Å². The molecule has 0 aliphatic heterocycles. The van der Waals surface area contributed by atoms with Crippen LogP contribution in [-0.2, 0) is 17.8 Å². The van der Waals surface area contributed by atoms with E-state index in [1.54, 1.807) is 24.3 Å². The lowest BCUT2D eigenvalue weighted by molar-refractivity contribution is -0.134. The average molecular weight is 615 g/mol. The van der Waals surface area contributed by atoms with E-state index in [0.717, 1.165) is 15.2 Å². The topological polar surface area (TPSA) is 75.8 Å². The van der Waals surface area contributed by atoms with Crippen molar-refractivity contribution >= 4 is 40.1 Å². The van der Waals surface area contributed by atoms with Gasteiger partial charge < -0.3 is 20.5 Å². The maximum absolute atomic E-state index is 13.5. The number of rotatable bonds is 11. The molecule has 1 amide bonds. The second kappa shape index (κ2) is 13.2. The molecule has 0 fully saturated rings. The summed E-state index contributed by atoms with van der Waals surface area (Å²) in [7, 11) is 0. The molecule has 0 saturated carbocycles. The summed E-state index contributed by atoms with van der Waals surface area (Å²) in [6.45, 7) is 0.325. The van der Waals surface area contributed by atoms with Crippen LogP contribution in [-0.4, -0.2) is 41.2 Å². The first-order chi connectivity index (χ1) is 16.7. The molecule has 3 N–H and O–H groups in total. The Labute approximate surface area is 222 Å². The monoisotopic (exact) mass is 614 g/mol. The quantitative estimate of drug-likeness (QED) is 0.300. The molecule has 3 aromatic carbocycles. The van der Waals surface area contributed by atoms with Gasteiger partial charge in [0.25, 0.3) is 0 Å². The van der Waals surface area contributed by atoms with Crippen molar-refractivity contribution in [3.63, 3.8) is 0 Å². The Kier molecular flexibility index (Phi) is 10.3. The summed E-state index contributed by atoms with van der Waals surface area (Å²) in [5.41, 5.74) is 7.36. The molecule has 35 heavy (non-hydrogen) atoms. The van der Waals surface area contributed by atoms with Gasteiger partial charge in [0.15, 0.2) is 0 Å². The third-order valence-electron chi connectivity index (χ3n) is 5.32. The van der Waals surface area contributed by atoms with E-state index >= 15 is 0 Å². The third kappa shape index (κ3) is 8.71. The van der Waals surface area contributed by atoms with Crippen molar-refractivity contribution in [1.29, 1.82) is 0 Å². The second-order valence-corrected chi connectivity index (χ2v) is 9.80. The maximum atomic E-state index is 13.5. The molecule has 0 aromatic heterocycles. The van der Waals surface area contributed by atoms with Gasteiger partial charge in [-0.1, -0.05) is 35.9 Å². The van der Waals surface area contributed by atoms with Crippen LogP contribution in [0.3, 0.4) is 0 Å². The smallest absolute Gasteiger partial charge is 0.226 e. The molecule has 5 nitrogen and oxygen atoms in total. The Morgan fingerprint density at radius 1 is 1.06 bits per heavy atom. The minimum atomic E-state index is -1.11. The predicted octanol–water partition coefficient (Wildman–Crippen LogP) is 4.95. The van der Waals surface area contributed by atoms with Crippen molar-refractivity contribution in [2.24, 2.45) is 5.73 Å². The minimum Gasteiger partial charge on any atom is -0.491 e. The van der Waals surface area contributed by atoms with E-state index in [2.05, 4.69) is 22.6 Å². The van der Waals surface area contributed by atoms with Crippen LogP contribution in [0.4, 0.5) is 8.78 Å². The van der Waals surface area contributed by atoms with E-state index in [0.29, 0.717) is 16.3 Å². The number of hydrogen-bond acceptors (Lipinski definition) is 4. The number of amides is 1. The van der Waals surface area contributed by atoms with Crippen molar-refractivity contribution < 1.29 is 23.4 Å². The molecule has 0 saturated heterocycles. The van der Waals surface area contributed by atoms with Crippen LogP contribution in [0.5, 0.6) is 5.75 Å². The molecule has 0 heterocycles. The molecule has 0 bridgehead atoms. The standard InChI is InChI=1S/C26H26ClF2IN2O3/c27-22-6-1-2-7-25(22)35-9-8-26(34)32(15-17-4-3-5-21(30)12-17)16-24(33)23(31)13-18-10-19(28)14-20(29)11-18/h1-7,10-12,14,23-24,33H,8-9,13,15-16,31H2/t23-,24+/m0/s1. The molecule has 0 spiro atoms. The largest absolute Gasteiger partial charge is 0.491 e. The fourth-order valence-corrected chi connectivity index (χ4v) is 4.37. The van der Waals surface area contributed by atoms with Crippen LogP contribution >= 0.6 is 34.2 Å². The normalized spacial score (nSPS) is 12.7. The summed E-state index contributed by atoms with van der Waals surface area (Å²) in [6, 6.07) is 17.0. The Hall–Kier alpha value is -2.27. The maximum Gasteiger partial charge on any atom is 0.226 e. The number of nitrogens with two attached hydrogens (primary N) is 1. The summed E-state index contributed by atoms with van der Waals surface area (Å²) >= 11 is 8.29. The summed E-state index contributed by atoms with van der Waals surface area (Å²) in [4.78, 5) is 14.6. The number of nitrogens with zero attached hydrogens (tertiary/aromatic N) is 1. The van der Waals surface area contributed by atoms with Crippen LogP contribution in [0.1, 0.15) is 17.5 Å². The van der Waals surface area contributed by atoms with Crippen LogP contribution in [0.25, 0.3) is 0 Å². The number of carbonyl (C=O) groups excluding carboxylic acids is 1. The van der Waals surface area contributed by atoms with Crippen molar-refractivity contribution in [3.8, 4) is 5.75 Å². The predicted molar refractivity (Wildman–Crippen MR) is 140 cm³/mol. The van der Waals surface area contributed by atoms with Crippen LogP contribution in [0, 0.1) is 15.2 Å². The third-order valence-corrected chi connectivity index (χ3v) is 6.30. The fourth-order valence-electron chi connectivity index (χ4n) is 3.58. The van der Waals surface area contributed by atoms with Crippen molar-refractivity contribution in [3.05, 3.63) is 98.1 Å². The van der Waals surface area contributed by atoms with Crippen molar-refractivity contribution in [2.45, 2.75) is 31.5 Å². The number of halogens is 4. The molecule has 186 valence electrons. The number of aliphatic hydroxyl groups excluding tert-OH is 1. The Bertz CT molecular complexity index is 1130. The van der Waals surface area contributed by atoms with Gasteiger partial charge in [-0.05, 0) is 76.5 Å². The molecular weight excluding hydrogens is 589 g/mol. The first kappa shape index (κ1) is 27.3. The van der Waals surface area contributed by atoms with E-state index in [1.807, 2.05) is 24.3 Å². The highest BCUT2D eigenvalue weighted by Crippen LogP contribution is 2.23. The molecule has 3 rings (SSSR count). The van der Waals surface area contributed by atoms with E-state index in [4.69, 9.17) is 22.1 Å². The highest BCUT2D eigenvalue weighted by Gasteiger charge is 2.23. The molecule has 2 atom stereocenters. The van der Waals surface area contributed by atoms with Gasteiger partial charge in [0.05, 0.1) is 24.2 Å². The lowest BCUT2D eigenvalue weighted by atomic mass is 10.0. The molecule has 3 aromatic rings. The fraction of sp³-hybridized carbons (Fsp3) is 0.269. The lowest BCUT2D eigenvalue weighted by Gasteiger charge is -2.28. The highest BCUT2D eigenvalue weighted by molar-refractivity contribution is 14.1. The molecule has 9 heteroatoms. The van der Waals surface area contributed by atoms with E-state index in [9.17, 15) is 18.7 Å². The zero-order valence-electron chi connectivity index (χ0n) is 18.8. The van der Waals surface area contributed by atoms with E-state index in [1.165, 1.54) is 17.0 Å². The van der Waals surface area contributed by atoms with Gasteiger partial charge in [0.1, 0.15) is 17.4 Å². The Balaban J connectivity index is 1.66. The van der Waals surface area contributed by atoms with Gasteiger partial charge >= 0.3 is 0 Å². The van der Waals surface area contributed by atoms with Crippen LogP contribution in [0.15, 0.2) is 66.7 Å². The van der Waals surface area contributed by atoms with Gasteiger partial charge in [0, 0.05) is 28.8 Å². The molecule has 0 aliphatic carbocycles. The average Bonchev–Trinajstić information content (AvgIpc) is 2.79. The number of aliphatic hydroxyl groups is 1. The molecule has 0 aliphatic rings. The van der Waals surface area contributed by atoms with Crippen molar-refractivity contribution in [1.82, 2.24) is 4.90 Å². The Morgan fingerprint density at radius 3 is 2.46 bits per heavy atom. The van der Waals surface area contributed by atoms with Crippen molar-refractivity contribution in [2.75, 3.05) is 13.2 Å². The first-order valence-corrected chi connectivity index (χ1v) is 12.4. The van der Waals surface area contributed by atoms with Gasteiger partial charge in [-0.3, -0.25) is 4.79 Å². The summed E-state index contributed by atoms with van der Waals surface area (Å²) in [5.74, 6) is -1.18. The summed E-state index contributed by atoms with van der Waals surface area (Å²) < 4.78 is 33.7. The van der Waals surface area contributed by atoms with E-state index in [-0.39, 0.29) is 38.4 Å². The van der Waals surface area contributed by atoms with E-state index < -0.39 is 23.8 Å². The first-order valence-electron chi connectivity index (χ1n) is 11.0. The van der Waals surface area contributed by atoms with Crippen LogP contribution in [0.2, 0.25) is 5.02 Å². The second-order valence-electron chi connectivity index (χ2n) is 8.15. The number of hydrogen-bond donors (Lipinski definition) is 2. The van der Waals surface area contributed by atoms with Gasteiger partial charge in [-0.2, -0.15) is 0 Å². The molecular formula is C26H26ClF2IN2O3. The molecule has 0 radical (unpaired) electrons. The number of carbonyl (C=O) groups is 1. The summed E-state index contributed by atoms with van der Waals surface area (Å²) in [5, 5.41) is 11.2. The lowest BCUT2D eigenvalue weighted by Crippen LogP contribution is -2.46.